The number of halogens is 2. The number of carbonyl (C=O) groups is 2. The lowest BCUT2D eigenvalue weighted by Gasteiger charge is -2.35. The Labute approximate surface area is 230 Å². The summed E-state index contributed by atoms with van der Waals surface area (Å²) in [6.45, 7) is 6.81. The number of aromatic nitrogens is 1. The molecule has 2 aromatic heterocycles. The number of imide groups is 1. The molecule has 2 amide bonds. The van der Waals surface area contributed by atoms with Gasteiger partial charge in [-0.3, -0.25) is 19.5 Å². The van der Waals surface area contributed by atoms with E-state index in [4.69, 9.17) is 11.6 Å². The number of anilines is 1. The Kier molecular flexibility index (Phi) is 5.46. The molecule has 0 bridgehead atoms. The SMILES string of the molecule is CC1(C)C2C(=O)N(Cc3cc4nccc(-c5cc(Cl)cc6c5N(CC5(F)CCNCC5)CC6)c4s3)C(=O)C21. The van der Waals surface area contributed by atoms with E-state index in [1.54, 1.807) is 17.5 Å². The second kappa shape index (κ2) is 8.47. The normalized spacial score (nSPS) is 25.3. The van der Waals surface area contributed by atoms with Crippen LogP contribution < -0.4 is 10.2 Å². The third kappa shape index (κ3) is 3.71. The molecule has 1 N–H and O–H groups in total. The fourth-order valence-electron chi connectivity index (χ4n) is 6.92. The van der Waals surface area contributed by atoms with Crippen LogP contribution in [0.1, 0.15) is 37.1 Å². The van der Waals surface area contributed by atoms with Crippen molar-refractivity contribution in [2.45, 2.75) is 45.3 Å². The zero-order chi connectivity index (χ0) is 26.4. The molecule has 3 fully saturated rings. The predicted molar refractivity (Wildman–Crippen MR) is 148 cm³/mol. The van der Waals surface area contributed by atoms with Gasteiger partial charge in [-0.05, 0) is 67.6 Å². The summed E-state index contributed by atoms with van der Waals surface area (Å²) >= 11 is 8.15. The Hall–Kier alpha value is -2.55. The highest BCUT2D eigenvalue weighted by Crippen LogP contribution is 2.63. The van der Waals surface area contributed by atoms with E-state index in [0.29, 0.717) is 37.5 Å². The van der Waals surface area contributed by atoms with Crippen molar-refractivity contribution >= 4 is 50.7 Å². The number of amides is 2. The number of hydrogen-bond acceptors (Lipinski definition) is 6. The van der Waals surface area contributed by atoms with E-state index in [0.717, 1.165) is 50.4 Å². The van der Waals surface area contributed by atoms with Crippen LogP contribution in [0, 0.1) is 17.3 Å². The van der Waals surface area contributed by atoms with Crippen molar-refractivity contribution < 1.29 is 14.0 Å². The Morgan fingerprint density at radius 3 is 2.61 bits per heavy atom. The van der Waals surface area contributed by atoms with Crippen LogP contribution in [0.2, 0.25) is 5.02 Å². The number of piperidine rings is 2. The number of alkyl halides is 1. The summed E-state index contributed by atoms with van der Waals surface area (Å²) < 4.78 is 16.7. The van der Waals surface area contributed by atoms with Gasteiger partial charge in [-0.2, -0.15) is 0 Å². The fourth-order valence-corrected chi connectivity index (χ4v) is 8.29. The molecule has 198 valence electrons. The van der Waals surface area contributed by atoms with Crippen molar-refractivity contribution in [3.8, 4) is 11.1 Å². The smallest absolute Gasteiger partial charge is 0.234 e. The molecule has 0 spiro atoms. The predicted octanol–water partition coefficient (Wildman–Crippen LogP) is 5.21. The number of carbonyl (C=O) groups excluding carboxylic acids is 2. The summed E-state index contributed by atoms with van der Waals surface area (Å²) in [5, 5.41) is 3.93. The number of likely N-dealkylation sites (tertiary alicyclic amines) is 1. The minimum atomic E-state index is -1.21. The van der Waals surface area contributed by atoms with Gasteiger partial charge in [0.15, 0.2) is 0 Å². The first-order chi connectivity index (χ1) is 18.2. The highest BCUT2D eigenvalue weighted by atomic mass is 35.5. The van der Waals surface area contributed by atoms with Crippen molar-refractivity contribution in [1.82, 2.24) is 15.2 Å². The highest BCUT2D eigenvalue weighted by molar-refractivity contribution is 7.19. The molecule has 0 radical (unpaired) electrons. The van der Waals surface area contributed by atoms with Gasteiger partial charge in [-0.25, -0.2) is 4.39 Å². The van der Waals surface area contributed by atoms with E-state index in [-0.39, 0.29) is 35.6 Å². The lowest BCUT2D eigenvalue weighted by molar-refractivity contribution is -0.143. The number of benzene rings is 1. The van der Waals surface area contributed by atoms with Crippen LogP contribution in [-0.4, -0.2) is 53.5 Å². The topological polar surface area (TPSA) is 65.5 Å². The average molecular weight is 553 g/mol. The Morgan fingerprint density at radius 2 is 1.87 bits per heavy atom. The number of nitrogens with zero attached hydrogens (tertiary/aromatic N) is 3. The quantitative estimate of drug-likeness (QED) is 0.440. The standard InChI is InChI=1S/C29H30ClFN4O2S/c1-28(2)22-23(28)27(37)35(26(22)36)14-18-13-21-25(38-18)19(3-7-33-21)20-12-17(30)11-16-4-10-34(24(16)20)15-29(31)5-8-32-9-6-29/h3,7,11-13,22-23,32H,4-6,8-10,14-15H2,1-2H3. The number of rotatable bonds is 5. The maximum atomic E-state index is 15.7. The first-order valence-electron chi connectivity index (χ1n) is 13.4. The summed E-state index contributed by atoms with van der Waals surface area (Å²) in [5.74, 6) is -0.484. The van der Waals surface area contributed by atoms with Crippen LogP contribution >= 0.6 is 22.9 Å². The number of hydrogen-bond donors (Lipinski definition) is 1. The van der Waals surface area contributed by atoms with Crippen molar-refractivity contribution in [2.24, 2.45) is 17.3 Å². The molecule has 5 heterocycles. The molecule has 2 atom stereocenters. The van der Waals surface area contributed by atoms with Crippen LogP contribution in [-0.2, 0) is 22.6 Å². The zero-order valence-corrected chi connectivity index (χ0v) is 23.1. The molecular weight excluding hydrogens is 523 g/mol. The Morgan fingerprint density at radius 1 is 1.13 bits per heavy atom. The monoisotopic (exact) mass is 552 g/mol. The van der Waals surface area contributed by atoms with Crippen molar-refractivity contribution in [1.29, 1.82) is 0 Å². The second-order valence-electron chi connectivity index (χ2n) is 11.9. The first-order valence-corrected chi connectivity index (χ1v) is 14.6. The lowest BCUT2D eigenvalue weighted by atomic mass is 9.93. The van der Waals surface area contributed by atoms with E-state index in [2.05, 4.69) is 15.2 Å². The summed E-state index contributed by atoms with van der Waals surface area (Å²) in [4.78, 5) is 35.0. The molecule has 38 heavy (non-hydrogen) atoms. The van der Waals surface area contributed by atoms with Crippen LogP contribution in [0.4, 0.5) is 10.1 Å². The van der Waals surface area contributed by atoms with Gasteiger partial charge in [0.25, 0.3) is 0 Å². The molecule has 1 saturated carbocycles. The Bertz CT molecular complexity index is 1470. The summed E-state index contributed by atoms with van der Waals surface area (Å²) in [6.07, 6.45) is 3.65. The number of fused-ring (bicyclic) bond motifs is 3. The minimum Gasteiger partial charge on any atom is -0.367 e. The van der Waals surface area contributed by atoms with E-state index >= 15 is 4.39 Å². The molecule has 9 heteroatoms. The molecule has 2 unspecified atom stereocenters. The van der Waals surface area contributed by atoms with E-state index in [9.17, 15) is 9.59 Å². The van der Waals surface area contributed by atoms with Gasteiger partial charge in [-0.15, -0.1) is 11.3 Å². The van der Waals surface area contributed by atoms with Crippen LogP contribution in [0.5, 0.6) is 0 Å². The molecule has 3 aliphatic heterocycles. The molecule has 2 saturated heterocycles. The largest absolute Gasteiger partial charge is 0.367 e. The number of nitrogens with one attached hydrogen (secondary N) is 1. The number of pyridine rings is 1. The molecular formula is C29H30ClFN4O2S. The summed E-state index contributed by atoms with van der Waals surface area (Å²) in [6, 6.07) is 7.95. The van der Waals surface area contributed by atoms with Crippen LogP contribution in [0.25, 0.3) is 21.3 Å². The molecule has 3 aromatic rings. The van der Waals surface area contributed by atoms with Crippen LogP contribution in [0.3, 0.4) is 0 Å². The maximum absolute atomic E-state index is 15.7. The van der Waals surface area contributed by atoms with Gasteiger partial charge in [0.05, 0.1) is 35.1 Å². The zero-order valence-electron chi connectivity index (χ0n) is 21.5. The van der Waals surface area contributed by atoms with Gasteiger partial charge in [0.1, 0.15) is 5.67 Å². The van der Waals surface area contributed by atoms with Gasteiger partial charge < -0.3 is 10.2 Å². The third-order valence-electron chi connectivity index (χ3n) is 9.05. The lowest BCUT2D eigenvalue weighted by Crippen LogP contribution is -2.46. The third-order valence-corrected chi connectivity index (χ3v) is 10.4. The number of thiophene rings is 1. The second-order valence-corrected chi connectivity index (χ2v) is 13.4. The van der Waals surface area contributed by atoms with E-state index in [1.807, 2.05) is 38.1 Å². The van der Waals surface area contributed by atoms with Crippen LogP contribution in [0.15, 0.2) is 30.5 Å². The summed E-state index contributed by atoms with van der Waals surface area (Å²) in [5.41, 5.74) is 3.58. The van der Waals surface area contributed by atoms with Gasteiger partial charge in [0, 0.05) is 39.5 Å². The van der Waals surface area contributed by atoms with E-state index in [1.165, 1.54) is 4.90 Å². The maximum Gasteiger partial charge on any atom is 0.234 e. The molecule has 6 nitrogen and oxygen atoms in total. The molecule has 1 aromatic carbocycles. The van der Waals surface area contributed by atoms with Crippen molar-refractivity contribution in [3.63, 3.8) is 0 Å². The molecule has 7 rings (SSSR count). The first kappa shape index (κ1) is 24.5. The average Bonchev–Trinajstić information content (AvgIpc) is 3.22. The summed E-state index contributed by atoms with van der Waals surface area (Å²) in [7, 11) is 0. The molecule has 1 aliphatic carbocycles. The molecule has 4 aliphatic rings. The van der Waals surface area contributed by atoms with Gasteiger partial charge in [-0.1, -0.05) is 25.4 Å². The van der Waals surface area contributed by atoms with Gasteiger partial charge >= 0.3 is 0 Å². The Balaban J connectivity index is 1.24. The van der Waals surface area contributed by atoms with E-state index < -0.39 is 5.67 Å². The van der Waals surface area contributed by atoms with Gasteiger partial charge in [0.2, 0.25) is 11.8 Å². The van der Waals surface area contributed by atoms with Crippen molar-refractivity contribution in [3.05, 3.63) is 45.9 Å². The van der Waals surface area contributed by atoms with Crippen molar-refractivity contribution in [2.75, 3.05) is 31.1 Å². The highest BCUT2D eigenvalue weighted by Gasteiger charge is 2.72. The fraction of sp³-hybridized carbons (Fsp3) is 0.483. The minimum absolute atomic E-state index is 0.0583.